The molecule has 4 rings (SSSR count). The van der Waals surface area contributed by atoms with Crippen LogP contribution in [0.3, 0.4) is 0 Å². The van der Waals surface area contributed by atoms with Gasteiger partial charge in [-0.25, -0.2) is 4.98 Å². The molecular weight excluding hydrogens is 368 g/mol. The molecule has 0 unspecified atom stereocenters. The molecule has 0 radical (unpaired) electrons. The number of rotatable bonds is 5. The standard InChI is InChI=1S/C27H28N2O/c1-5-30-24-15-13-23(14-16-24)29-19-28-25-18-21(10-17-26(25)29)7-6-20-8-11-22(12-9-20)27(2,3)4/h6-19H,5H2,1-4H3/b7-6-. The zero-order valence-corrected chi connectivity index (χ0v) is 18.1. The van der Waals surface area contributed by atoms with Crippen molar-refractivity contribution in [2.45, 2.75) is 33.1 Å². The van der Waals surface area contributed by atoms with E-state index in [1.165, 1.54) is 11.1 Å². The van der Waals surface area contributed by atoms with Gasteiger partial charge in [-0.2, -0.15) is 0 Å². The number of benzene rings is 3. The Balaban J connectivity index is 1.55. The van der Waals surface area contributed by atoms with E-state index in [2.05, 4.69) is 97.1 Å². The summed E-state index contributed by atoms with van der Waals surface area (Å²) >= 11 is 0. The maximum absolute atomic E-state index is 5.54. The first-order valence-electron chi connectivity index (χ1n) is 10.4. The molecule has 152 valence electrons. The van der Waals surface area contributed by atoms with Crippen LogP contribution in [0.5, 0.6) is 5.75 Å². The highest BCUT2D eigenvalue weighted by molar-refractivity contribution is 5.82. The molecule has 0 fully saturated rings. The molecule has 4 aromatic rings. The zero-order chi connectivity index (χ0) is 21.1. The quantitative estimate of drug-likeness (QED) is 0.343. The second kappa shape index (κ2) is 8.19. The van der Waals surface area contributed by atoms with Gasteiger partial charge >= 0.3 is 0 Å². The smallest absolute Gasteiger partial charge is 0.119 e. The molecule has 0 saturated heterocycles. The molecule has 30 heavy (non-hydrogen) atoms. The third-order valence-corrected chi connectivity index (χ3v) is 5.24. The summed E-state index contributed by atoms with van der Waals surface area (Å²) in [5, 5.41) is 0. The zero-order valence-electron chi connectivity index (χ0n) is 18.1. The molecule has 0 atom stereocenters. The van der Waals surface area contributed by atoms with Gasteiger partial charge in [0.1, 0.15) is 12.1 Å². The van der Waals surface area contributed by atoms with Crippen LogP contribution >= 0.6 is 0 Å². The second-order valence-electron chi connectivity index (χ2n) is 8.49. The lowest BCUT2D eigenvalue weighted by atomic mass is 9.87. The first-order chi connectivity index (χ1) is 14.4. The maximum atomic E-state index is 5.54. The van der Waals surface area contributed by atoms with E-state index >= 15 is 0 Å². The molecule has 1 heterocycles. The van der Waals surface area contributed by atoms with Crippen molar-refractivity contribution in [3.63, 3.8) is 0 Å². The predicted molar refractivity (Wildman–Crippen MR) is 126 cm³/mol. The molecule has 3 nitrogen and oxygen atoms in total. The topological polar surface area (TPSA) is 27.1 Å². The minimum atomic E-state index is 0.176. The van der Waals surface area contributed by atoms with Crippen molar-refractivity contribution in [2.24, 2.45) is 0 Å². The average molecular weight is 397 g/mol. The van der Waals surface area contributed by atoms with Crippen LogP contribution in [-0.4, -0.2) is 16.2 Å². The molecule has 0 aliphatic heterocycles. The normalized spacial score (nSPS) is 12.0. The van der Waals surface area contributed by atoms with Crippen molar-refractivity contribution in [3.05, 3.63) is 89.7 Å². The summed E-state index contributed by atoms with van der Waals surface area (Å²) in [5.41, 5.74) is 7.00. The monoisotopic (exact) mass is 396 g/mol. The minimum Gasteiger partial charge on any atom is -0.494 e. The molecule has 0 amide bonds. The Morgan fingerprint density at radius 1 is 0.867 bits per heavy atom. The van der Waals surface area contributed by atoms with Crippen LogP contribution in [0.1, 0.15) is 44.4 Å². The Bertz CT molecular complexity index is 1160. The maximum Gasteiger partial charge on any atom is 0.119 e. The fourth-order valence-electron chi connectivity index (χ4n) is 3.50. The first-order valence-corrected chi connectivity index (χ1v) is 10.4. The van der Waals surface area contributed by atoms with Crippen LogP contribution < -0.4 is 4.74 Å². The van der Waals surface area contributed by atoms with Gasteiger partial charge in [-0.15, -0.1) is 0 Å². The SMILES string of the molecule is CCOc1ccc(-n2cnc3cc(/C=C\c4ccc(C(C)(C)C)cc4)ccc32)cc1. The van der Waals surface area contributed by atoms with Crippen LogP contribution in [0.4, 0.5) is 0 Å². The molecule has 3 heteroatoms. The van der Waals surface area contributed by atoms with E-state index in [0.717, 1.165) is 28.0 Å². The first kappa shape index (κ1) is 20.0. The fourth-order valence-corrected chi connectivity index (χ4v) is 3.50. The summed E-state index contributed by atoms with van der Waals surface area (Å²) in [7, 11) is 0. The molecule has 0 aliphatic rings. The van der Waals surface area contributed by atoms with Gasteiger partial charge < -0.3 is 4.74 Å². The summed E-state index contributed by atoms with van der Waals surface area (Å²) in [5.74, 6) is 0.883. The van der Waals surface area contributed by atoms with E-state index in [1.54, 1.807) is 0 Å². The van der Waals surface area contributed by atoms with E-state index < -0.39 is 0 Å². The Morgan fingerprint density at radius 2 is 1.53 bits per heavy atom. The van der Waals surface area contributed by atoms with E-state index in [0.29, 0.717) is 6.61 Å². The highest BCUT2D eigenvalue weighted by atomic mass is 16.5. The summed E-state index contributed by atoms with van der Waals surface area (Å²) in [6.07, 6.45) is 6.16. The molecule has 0 aliphatic carbocycles. The number of hydrogen-bond acceptors (Lipinski definition) is 2. The number of nitrogens with zero attached hydrogens (tertiary/aromatic N) is 2. The largest absolute Gasteiger partial charge is 0.494 e. The molecule has 1 aromatic heterocycles. The van der Waals surface area contributed by atoms with Crippen molar-refractivity contribution in [1.82, 2.24) is 9.55 Å². The van der Waals surface area contributed by atoms with E-state index in [4.69, 9.17) is 4.74 Å². The third-order valence-electron chi connectivity index (χ3n) is 5.24. The van der Waals surface area contributed by atoms with Gasteiger partial charge in [0.2, 0.25) is 0 Å². The second-order valence-corrected chi connectivity index (χ2v) is 8.49. The van der Waals surface area contributed by atoms with E-state index in [-0.39, 0.29) is 5.41 Å². The Kier molecular flexibility index (Phi) is 5.45. The summed E-state index contributed by atoms with van der Waals surface area (Å²) in [6.45, 7) is 9.37. The van der Waals surface area contributed by atoms with Crippen molar-refractivity contribution < 1.29 is 4.74 Å². The molecule has 0 N–H and O–H groups in total. The van der Waals surface area contributed by atoms with Gasteiger partial charge in [-0.05, 0) is 65.4 Å². The molecule has 0 saturated carbocycles. The average Bonchev–Trinajstić information content (AvgIpc) is 3.16. The molecule has 3 aromatic carbocycles. The van der Waals surface area contributed by atoms with E-state index in [9.17, 15) is 0 Å². The lowest BCUT2D eigenvalue weighted by molar-refractivity contribution is 0.340. The van der Waals surface area contributed by atoms with Crippen LogP contribution in [0.25, 0.3) is 28.9 Å². The number of imidazole rings is 1. The number of fused-ring (bicyclic) bond motifs is 1. The van der Waals surface area contributed by atoms with Gasteiger partial charge in [-0.3, -0.25) is 4.57 Å². The molecule has 0 bridgehead atoms. The highest BCUT2D eigenvalue weighted by Crippen LogP contribution is 2.24. The van der Waals surface area contributed by atoms with E-state index in [1.807, 2.05) is 25.4 Å². The van der Waals surface area contributed by atoms with Crippen LogP contribution in [0, 0.1) is 0 Å². The van der Waals surface area contributed by atoms with Crippen molar-refractivity contribution in [3.8, 4) is 11.4 Å². The van der Waals surface area contributed by atoms with Crippen molar-refractivity contribution in [2.75, 3.05) is 6.61 Å². The molecule has 0 spiro atoms. The van der Waals surface area contributed by atoms with Crippen LogP contribution in [0.2, 0.25) is 0 Å². The Morgan fingerprint density at radius 3 is 2.20 bits per heavy atom. The fraction of sp³-hybridized carbons (Fsp3) is 0.222. The number of ether oxygens (including phenoxy) is 1. The number of hydrogen-bond donors (Lipinski definition) is 0. The van der Waals surface area contributed by atoms with Gasteiger partial charge in [0.15, 0.2) is 0 Å². The van der Waals surface area contributed by atoms with Gasteiger partial charge in [-0.1, -0.05) is 63.3 Å². The minimum absolute atomic E-state index is 0.176. The van der Waals surface area contributed by atoms with Crippen LogP contribution in [0.15, 0.2) is 73.1 Å². The lowest BCUT2D eigenvalue weighted by Crippen LogP contribution is -2.10. The Hall–Kier alpha value is -3.33. The summed E-state index contributed by atoms with van der Waals surface area (Å²) < 4.78 is 7.64. The number of aromatic nitrogens is 2. The predicted octanol–water partition coefficient (Wildman–Crippen LogP) is 6.89. The highest BCUT2D eigenvalue weighted by Gasteiger charge is 2.12. The summed E-state index contributed by atoms with van der Waals surface area (Å²) in [4.78, 5) is 4.61. The van der Waals surface area contributed by atoms with Gasteiger partial charge in [0.25, 0.3) is 0 Å². The lowest BCUT2D eigenvalue weighted by Gasteiger charge is -2.18. The van der Waals surface area contributed by atoms with Crippen LogP contribution in [-0.2, 0) is 5.41 Å². The van der Waals surface area contributed by atoms with Gasteiger partial charge in [0.05, 0.1) is 17.6 Å². The third kappa shape index (κ3) is 4.30. The van der Waals surface area contributed by atoms with Gasteiger partial charge in [0, 0.05) is 5.69 Å². The van der Waals surface area contributed by atoms with Crippen molar-refractivity contribution in [1.29, 1.82) is 0 Å². The molecular formula is C27H28N2O. The van der Waals surface area contributed by atoms with Crippen molar-refractivity contribution >= 4 is 23.2 Å². The summed E-state index contributed by atoms with van der Waals surface area (Å²) in [6, 6.07) is 23.3. The Labute approximate surface area is 178 Å².